The van der Waals surface area contributed by atoms with Crippen molar-refractivity contribution in [1.82, 2.24) is 0 Å². The normalized spacial score (nSPS) is 10.0. The molecule has 0 aliphatic carbocycles. The number of halogens is 1. The zero-order chi connectivity index (χ0) is 14.3. The monoisotopic (exact) mass is 331 g/mol. The molecule has 0 N–H and O–H groups in total. The molecule has 1 rings (SSSR count). The molecule has 0 bridgehead atoms. The molecule has 0 heterocycles. The molecule has 0 aliphatic rings. The topological polar surface area (TPSA) is 78.7 Å². The fourth-order valence-corrected chi connectivity index (χ4v) is 1.59. The van der Waals surface area contributed by atoms with Gasteiger partial charge in [0.1, 0.15) is 0 Å². The molecule has 7 heteroatoms. The molecule has 104 valence electrons. The van der Waals surface area contributed by atoms with Gasteiger partial charge in [0.05, 0.1) is 23.7 Å². The van der Waals surface area contributed by atoms with Gasteiger partial charge in [0.2, 0.25) is 0 Å². The van der Waals surface area contributed by atoms with Gasteiger partial charge in [-0.05, 0) is 25.5 Å². The lowest BCUT2D eigenvalue weighted by Gasteiger charge is -2.07. The van der Waals surface area contributed by atoms with Crippen molar-refractivity contribution in [3.8, 4) is 5.75 Å². The Morgan fingerprint density at radius 2 is 2.21 bits per heavy atom. The number of nitrogens with zero attached hydrogens (tertiary/aromatic N) is 1. The molecule has 0 spiro atoms. The third-order valence-electron chi connectivity index (χ3n) is 2.20. The average Bonchev–Trinajstić information content (AvgIpc) is 2.39. The molecule has 19 heavy (non-hydrogen) atoms. The first kappa shape index (κ1) is 15.4. The highest BCUT2D eigenvalue weighted by molar-refractivity contribution is 9.09. The van der Waals surface area contributed by atoms with Gasteiger partial charge < -0.3 is 9.47 Å². The maximum Gasteiger partial charge on any atom is 0.338 e. The zero-order valence-electron chi connectivity index (χ0n) is 10.4. The Labute approximate surface area is 119 Å². The van der Waals surface area contributed by atoms with Gasteiger partial charge in [-0.1, -0.05) is 15.9 Å². The number of nitro groups is 1. The number of alkyl halides is 1. The summed E-state index contributed by atoms with van der Waals surface area (Å²) < 4.78 is 10.1. The largest absolute Gasteiger partial charge is 0.487 e. The molecule has 0 unspecified atom stereocenters. The maximum atomic E-state index is 11.5. The first-order valence-electron chi connectivity index (χ1n) is 5.74. The summed E-state index contributed by atoms with van der Waals surface area (Å²) in [5.74, 6) is -0.434. The van der Waals surface area contributed by atoms with E-state index in [-0.39, 0.29) is 23.6 Å². The van der Waals surface area contributed by atoms with Crippen molar-refractivity contribution in [3.63, 3.8) is 0 Å². The van der Waals surface area contributed by atoms with Crippen LogP contribution in [0.2, 0.25) is 0 Å². The Bertz CT molecular complexity index is 463. The van der Waals surface area contributed by atoms with Crippen LogP contribution in [0.15, 0.2) is 18.2 Å². The molecule has 0 radical (unpaired) electrons. The third kappa shape index (κ3) is 4.51. The van der Waals surface area contributed by atoms with Crippen LogP contribution in [0.4, 0.5) is 5.69 Å². The summed E-state index contributed by atoms with van der Waals surface area (Å²) in [6.45, 7) is 2.26. The number of nitro benzene ring substituents is 1. The first-order chi connectivity index (χ1) is 9.10. The standard InChI is InChI=1S/C12H14BrNO5/c1-2-18-12(15)9-4-5-11(19-7-3-6-13)10(8-9)14(16)17/h4-5,8H,2-3,6-7H2,1H3. The molecule has 1 aromatic carbocycles. The lowest BCUT2D eigenvalue weighted by Crippen LogP contribution is -2.06. The van der Waals surface area contributed by atoms with Gasteiger partial charge in [0.15, 0.2) is 5.75 Å². The maximum absolute atomic E-state index is 11.5. The molecule has 6 nitrogen and oxygen atoms in total. The van der Waals surface area contributed by atoms with E-state index in [1.807, 2.05) is 0 Å². The summed E-state index contributed by atoms with van der Waals surface area (Å²) in [4.78, 5) is 21.9. The summed E-state index contributed by atoms with van der Waals surface area (Å²) in [6, 6.07) is 4.04. The van der Waals surface area contributed by atoms with Gasteiger partial charge in [-0.15, -0.1) is 0 Å². The van der Waals surface area contributed by atoms with E-state index in [9.17, 15) is 14.9 Å². The molecule has 0 amide bonds. The molecular formula is C12H14BrNO5. The highest BCUT2D eigenvalue weighted by atomic mass is 79.9. The molecule has 1 aromatic rings. The van der Waals surface area contributed by atoms with Crippen molar-refractivity contribution < 1.29 is 19.2 Å². The Balaban J connectivity index is 2.94. The molecule has 0 aliphatic heterocycles. The van der Waals surface area contributed by atoms with Gasteiger partial charge in [0.25, 0.3) is 0 Å². The van der Waals surface area contributed by atoms with E-state index >= 15 is 0 Å². The lowest BCUT2D eigenvalue weighted by atomic mass is 10.2. The smallest absolute Gasteiger partial charge is 0.338 e. The van der Waals surface area contributed by atoms with Crippen molar-refractivity contribution in [2.45, 2.75) is 13.3 Å². The van der Waals surface area contributed by atoms with Crippen LogP contribution in [-0.2, 0) is 4.74 Å². The highest BCUT2D eigenvalue weighted by Gasteiger charge is 2.19. The number of benzene rings is 1. The summed E-state index contributed by atoms with van der Waals surface area (Å²) in [7, 11) is 0. The second-order valence-corrected chi connectivity index (χ2v) is 4.34. The molecule has 0 aromatic heterocycles. The number of hydrogen-bond donors (Lipinski definition) is 0. The molecule has 0 saturated carbocycles. The molecular weight excluding hydrogens is 318 g/mol. The van der Waals surface area contributed by atoms with Crippen LogP contribution in [0.1, 0.15) is 23.7 Å². The second kappa shape index (κ2) is 7.73. The van der Waals surface area contributed by atoms with E-state index in [4.69, 9.17) is 9.47 Å². The number of esters is 1. The van der Waals surface area contributed by atoms with Crippen LogP contribution in [0.5, 0.6) is 5.75 Å². The van der Waals surface area contributed by atoms with E-state index in [2.05, 4.69) is 15.9 Å². The van der Waals surface area contributed by atoms with E-state index < -0.39 is 10.9 Å². The van der Waals surface area contributed by atoms with Crippen LogP contribution in [0.25, 0.3) is 0 Å². The van der Waals surface area contributed by atoms with Gasteiger partial charge in [-0.3, -0.25) is 10.1 Å². The number of hydrogen-bond acceptors (Lipinski definition) is 5. The fourth-order valence-electron chi connectivity index (χ4n) is 1.36. The van der Waals surface area contributed by atoms with Crippen LogP contribution >= 0.6 is 15.9 Å². The minimum atomic E-state index is -0.586. The van der Waals surface area contributed by atoms with Crippen LogP contribution < -0.4 is 4.74 Å². The van der Waals surface area contributed by atoms with Crippen LogP contribution in [-0.4, -0.2) is 29.4 Å². The van der Waals surface area contributed by atoms with E-state index in [0.717, 1.165) is 11.8 Å². The van der Waals surface area contributed by atoms with Crippen molar-refractivity contribution in [2.24, 2.45) is 0 Å². The van der Waals surface area contributed by atoms with Crippen LogP contribution in [0.3, 0.4) is 0 Å². The summed E-state index contributed by atoms with van der Waals surface area (Å²) in [5.41, 5.74) is -0.0958. The van der Waals surface area contributed by atoms with Gasteiger partial charge in [-0.25, -0.2) is 4.79 Å². The number of carbonyl (C=O) groups excluding carboxylic acids is 1. The molecule has 0 fully saturated rings. The van der Waals surface area contributed by atoms with Gasteiger partial charge >= 0.3 is 11.7 Å². The fraction of sp³-hybridized carbons (Fsp3) is 0.417. The molecule has 0 atom stereocenters. The number of rotatable bonds is 7. The van der Waals surface area contributed by atoms with Crippen LogP contribution in [0, 0.1) is 10.1 Å². The summed E-state index contributed by atoms with van der Waals surface area (Å²) >= 11 is 3.24. The highest BCUT2D eigenvalue weighted by Crippen LogP contribution is 2.28. The van der Waals surface area contributed by atoms with Crippen molar-refractivity contribution in [3.05, 3.63) is 33.9 Å². The second-order valence-electron chi connectivity index (χ2n) is 3.55. The summed E-state index contributed by atoms with van der Waals surface area (Å²) in [5, 5.41) is 11.7. The predicted molar refractivity (Wildman–Crippen MR) is 73.0 cm³/mol. The van der Waals surface area contributed by atoms with Gasteiger partial charge in [-0.2, -0.15) is 0 Å². The third-order valence-corrected chi connectivity index (χ3v) is 2.76. The van der Waals surface area contributed by atoms with E-state index in [1.54, 1.807) is 6.92 Å². The Morgan fingerprint density at radius 1 is 1.47 bits per heavy atom. The average molecular weight is 332 g/mol. The van der Waals surface area contributed by atoms with Crippen molar-refractivity contribution >= 4 is 27.6 Å². The van der Waals surface area contributed by atoms with Crippen molar-refractivity contribution in [2.75, 3.05) is 18.5 Å². The zero-order valence-corrected chi connectivity index (χ0v) is 12.0. The molecule has 0 saturated heterocycles. The number of carbonyl (C=O) groups is 1. The minimum Gasteiger partial charge on any atom is -0.487 e. The SMILES string of the molecule is CCOC(=O)c1ccc(OCCCBr)c([N+](=O)[O-])c1. The minimum absolute atomic E-state index is 0.140. The quantitative estimate of drug-likeness (QED) is 0.252. The number of ether oxygens (including phenoxy) is 2. The van der Waals surface area contributed by atoms with Crippen molar-refractivity contribution in [1.29, 1.82) is 0 Å². The Hall–Kier alpha value is -1.63. The lowest BCUT2D eigenvalue weighted by molar-refractivity contribution is -0.385. The Morgan fingerprint density at radius 3 is 2.79 bits per heavy atom. The van der Waals surface area contributed by atoms with Gasteiger partial charge in [0, 0.05) is 11.4 Å². The van der Waals surface area contributed by atoms with E-state index in [1.165, 1.54) is 18.2 Å². The predicted octanol–water partition coefficient (Wildman–Crippen LogP) is 2.94. The summed E-state index contributed by atoms with van der Waals surface area (Å²) in [6.07, 6.45) is 0.733. The Kier molecular flexibility index (Phi) is 6.27. The van der Waals surface area contributed by atoms with E-state index in [0.29, 0.717) is 6.61 Å². The first-order valence-corrected chi connectivity index (χ1v) is 6.86.